The van der Waals surface area contributed by atoms with Gasteiger partial charge in [0.05, 0.1) is 12.8 Å². The van der Waals surface area contributed by atoms with E-state index in [0.29, 0.717) is 25.1 Å². The molecule has 1 aliphatic rings. The lowest BCUT2D eigenvalue weighted by atomic mass is 10.1. The molecular formula is C17H16F3N3O3. The maximum atomic E-state index is 12.7. The number of carbonyl (C=O) groups is 1. The standard InChI is InChI=1S/C17H16F3N3O3/c18-17(19,20)14-7-8-21-16(22-14)26-13-3-1-9-23(11-13)15(24)6-5-12-4-2-10-25-12/h2,4-8,10,13H,1,3,9,11H2/b6-5+. The lowest BCUT2D eigenvalue weighted by Gasteiger charge is -2.31. The predicted octanol–water partition coefficient (Wildman–Crippen LogP) is 3.17. The summed E-state index contributed by atoms with van der Waals surface area (Å²) in [6.45, 7) is 0.797. The van der Waals surface area contributed by atoms with Crippen molar-refractivity contribution < 1.29 is 27.1 Å². The number of halogens is 3. The van der Waals surface area contributed by atoms with E-state index in [0.717, 1.165) is 12.3 Å². The fraction of sp³-hybridized carbons (Fsp3) is 0.353. The normalized spacial score (nSPS) is 18.3. The van der Waals surface area contributed by atoms with Gasteiger partial charge in [-0.1, -0.05) is 0 Å². The van der Waals surface area contributed by atoms with Crippen molar-refractivity contribution in [3.8, 4) is 6.01 Å². The van der Waals surface area contributed by atoms with Crippen LogP contribution in [0.5, 0.6) is 6.01 Å². The summed E-state index contributed by atoms with van der Waals surface area (Å²) in [6.07, 6.45) is 1.70. The van der Waals surface area contributed by atoms with Gasteiger partial charge in [0.1, 0.15) is 11.9 Å². The van der Waals surface area contributed by atoms with Crippen molar-refractivity contribution in [2.24, 2.45) is 0 Å². The SMILES string of the molecule is O=C(/C=C/c1ccco1)N1CCCC(Oc2nccc(C(F)(F)F)n2)C1. The number of alkyl halides is 3. The Morgan fingerprint density at radius 2 is 2.23 bits per heavy atom. The highest BCUT2D eigenvalue weighted by Crippen LogP contribution is 2.28. The van der Waals surface area contributed by atoms with Crippen LogP contribution in [-0.2, 0) is 11.0 Å². The highest BCUT2D eigenvalue weighted by molar-refractivity contribution is 5.91. The van der Waals surface area contributed by atoms with E-state index in [1.807, 2.05) is 0 Å². The van der Waals surface area contributed by atoms with Gasteiger partial charge >= 0.3 is 12.2 Å². The number of nitrogens with zero attached hydrogens (tertiary/aromatic N) is 3. The first-order chi connectivity index (χ1) is 12.4. The van der Waals surface area contributed by atoms with Crippen molar-refractivity contribution in [1.82, 2.24) is 14.9 Å². The van der Waals surface area contributed by atoms with Crippen LogP contribution in [0.25, 0.3) is 6.08 Å². The molecular weight excluding hydrogens is 351 g/mol. The summed E-state index contributed by atoms with van der Waals surface area (Å²) in [5, 5.41) is 0. The number of hydrogen-bond donors (Lipinski definition) is 0. The van der Waals surface area contributed by atoms with Crippen LogP contribution >= 0.6 is 0 Å². The van der Waals surface area contributed by atoms with Gasteiger partial charge in [0, 0.05) is 18.8 Å². The number of furan rings is 1. The number of rotatable bonds is 4. The van der Waals surface area contributed by atoms with Crippen molar-refractivity contribution in [2.45, 2.75) is 25.1 Å². The van der Waals surface area contributed by atoms with Crippen molar-refractivity contribution in [3.05, 3.63) is 48.2 Å². The molecule has 0 aliphatic carbocycles. The Bertz CT molecular complexity index is 775. The van der Waals surface area contributed by atoms with Gasteiger partial charge in [-0.2, -0.15) is 18.2 Å². The lowest BCUT2D eigenvalue weighted by Crippen LogP contribution is -2.44. The largest absolute Gasteiger partial charge is 0.465 e. The zero-order chi connectivity index (χ0) is 18.6. The number of likely N-dealkylation sites (tertiary alicyclic amines) is 1. The van der Waals surface area contributed by atoms with Crippen molar-refractivity contribution in [3.63, 3.8) is 0 Å². The Morgan fingerprint density at radius 3 is 2.96 bits per heavy atom. The zero-order valence-corrected chi connectivity index (χ0v) is 13.6. The first kappa shape index (κ1) is 18.0. The van der Waals surface area contributed by atoms with Crippen molar-refractivity contribution in [1.29, 1.82) is 0 Å². The van der Waals surface area contributed by atoms with Crippen molar-refractivity contribution >= 4 is 12.0 Å². The van der Waals surface area contributed by atoms with E-state index in [4.69, 9.17) is 9.15 Å². The molecule has 1 unspecified atom stereocenters. The molecule has 0 aromatic carbocycles. The van der Waals surface area contributed by atoms with Crippen LogP contribution < -0.4 is 4.74 Å². The molecule has 0 radical (unpaired) electrons. The highest BCUT2D eigenvalue weighted by Gasteiger charge is 2.33. The molecule has 0 bridgehead atoms. The monoisotopic (exact) mass is 367 g/mol. The van der Waals surface area contributed by atoms with E-state index < -0.39 is 18.0 Å². The molecule has 9 heteroatoms. The number of piperidine rings is 1. The molecule has 2 aromatic rings. The summed E-state index contributed by atoms with van der Waals surface area (Å²) in [7, 11) is 0. The Hall–Kier alpha value is -2.84. The fourth-order valence-corrected chi connectivity index (χ4v) is 2.58. The molecule has 1 saturated heterocycles. The second-order valence-corrected chi connectivity index (χ2v) is 5.74. The van der Waals surface area contributed by atoms with Crippen LogP contribution in [-0.4, -0.2) is 40.0 Å². The third-order valence-corrected chi connectivity index (χ3v) is 3.82. The molecule has 0 spiro atoms. The maximum absolute atomic E-state index is 12.7. The number of hydrogen-bond acceptors (Lipinski definition) is 5. The molecule has 3 heterocycles. The second-order valence-electron chi connectivity index (χ2n) is 5.74. The van der Waals surface area contributed by atoms with E-state index in [-0.39, 0.29) is 18.5 Å². The average Bonchev–Trinajstić information content (AvgIpc) is 3.13. The first-order valence-electron chi connectivity index (χ1n) is 7.99. The quantitative estimate of drug-likeness (QED) is 0.777. The van der Waals surface area contributed by atoms with Crippen LogP contribution in [0, 0.1) is 0 Å². The van der Waals surface area contributed by atoms with Crippen molar-refractivity contribution in [2.75, 3.05) is 13.1 Å². The molecule has 0 N–H and O–H groups in total. The molecule has 3 rings (SSSR count). The van der Waals surface area contributed by atoms with Crippen LogP contribution in [0.1, 0.15) is 24.3 Å². The second kappa shape index (κ2) is 7.59. The van der Waals surface area contributed by atoms with E-state index in [2.05, 4.69) is 9.97 Å². The lowest BCUT2D eigenvalue weighted by molar-refractivity contribution is -0.141. The number of ether oxygens (including phenoxy) is 1. The third kappa shape index (κ3) is 4.62. The molecule has 0 saturated carbocycles. The number of aromatic nitrogens is 2. The highest BCUT2D eigenvalue weighted by atomic mass is 19.4. The van der Waals surface area contributed by atoms with E-state index >= 15 is 0 Å². The van der Waals surface area contributed by atoms with Crippen LogP contribution in [0.4, 0.5) is 13.2 Å². The van der Waals surface area contributed by atoms with Gasteiger partial charge in [-0.25, -0.2) is 4.98 Å². The topological polar surface area (TPSA) is 68.5 Å². The summed E-state index contributed by atoms with van der Waals surface area (Å²) in [6, 6.07) is 3.87. The van der Waals surface area contributed by atoms with Crippen LogP contribution in [0.2, 0.25) is 0 Å². The van der Waals surface area contributed by atoms with Gasteiger partial charge in [0.25, 0.3) is 0 Å². The van der Waals surface area contributed by atoms with Gasteiger partial charge in [-0.15, -0.1) is 0 Å². The molecule has 1 aliphatic heterocycles. The number of amides is 1. The zero-order valence-electron chi connectivity index (χ0n) is 13.6. The third-order valence-electron chi connectivity index (χ3n) is 3.82. The van der Waals surface area contributed by atoms with Gasteiger partial charge in [0.2, 0.25) is 5.91 Å². The molecule has 1 atom stereocenters. The van der Waals surface area contributed by atoms with E-state index in [1.165, 1.54) is 12.3 Å². The molecule has 1 fully saturated rings. The van der Waals surface area contributed by atoms with Gasteiger partial charge in [-0.05, 0) is 37.1 Å². The average molecular weight is 367 g/mol. The summed E-state index contributed by atoms with van der Waals surface area (Å²) in [4.78, 5) is 20.9. The predicted molar refractivity (Wildman–Crippen MR) is 85.0 cm³/mol. The first-order valence-corrected chi connectivity index (χ1v) is 7.99. The molecule has 2 aromatic heterocycles. The van der Waals surface area contributed by atoms with Gasteiger partial charge < -0.3 is 14.1 Å². The van der Waals surface area contributed by atoms with Crippen LogP contribution in [0.15, 0.2) is 41.2 Å². The summed E-state index contributed by atoms with van der Waals surface area (Å²) in [5.74, 6) is 0.334. The van der Waals surface area contributed by atoms with Gasteiger partial charge in [-0.3, -0.25) is 4.79 Å². The Morgan fingerprint density at radius 1 is 1.38 bits per heavy atom. The molecule has 6 nitrogen and oxygen atoms in total. The molecule has 26 heavy (non-hydrogen) atoms. The fourth-order valence-electron chi connectivity index (χ4n) is 2.58. The minimum atomic E-state index is -4.56. The summed E-state index contributed by atoms with van der Waals surface area (Å²) in [5.41, 5.74) is -1.06. The Kier molecular flexibility index (Phi) is 5.24. The smallest absolute Gasteiger partial charge is 0.433 e. The summed E-state index contributed by atoms with van der Waals surface area (Å²) < 4.78 is 48.7. The minimum absolute atomic E-state index is 0.223. The molecule has 1 amide bonds. The maximum Gasteiger partial charge on any atom is 0.433 e. The Balaban J connectivity index is 1.61. The van der Waals surface area contributed by atoms with E-state index in [1.54, 1.807) is 23.1 Å². The summed E-state index contributed by atoms with van der Waals surface area (Å²) >= 11 is 0. The molecule has 138 valence electrons. The van der Waals surface area contributed by atoms with Crippen LogP contribution in [0.3, 0.4) is 0 Å². The minimum Gasteiger partial charge on any atom is -0.465 e. The number of carbonyl (C=O) groups excluding carboxylic acids is 1. The van der Waals surface area contributed by atoms with Gasteiger partial charge in [0.15, 0.2) is 5.69 Å². The Labute approximate surface area is 147 Å². The van der Waals surface area contributed by atoms with E-state index in [9.17, 15) is 18.0 Å².